The molecule has 0 spiro atoms. The molecule has 0 saturated heterocycles. The van der Waals surface area contributed by atoms with Gasteiger partial charge >= 0.3 is 0 Å². The lowest BCUT2D eigenvalue weighted by Crippen LogP contribution is -2.21. The van der Waals surface area contributed by atoms with Crippen LogP contribution in [0.5, 0.6) is 0 Å². The third-order valence-electron chi connectivity index (χ3n) is 2.71. The number of anilines is 1. The highest BCUT2D eigenvalue weighted by molar-refractivity contribution is 9.10. The van der Waals surface area contributed by atoms with Crippen LogP contribution >= 0.6 is 27.3 Å². The molecule has 3 nitrogen and oxygen atoms in total. The third-order valence-corrected chi connectivity index (χ3v) is 4.05. The molecule has 96 valence electrons. The number of aryl methyl sites for hydroxylation is 1. The number of halogens is 1. The van der Waals surface area contributed by atoms with Gasteiger partial charge in [-0.05, 0) is 33.8 Å². The lowest BCUT2D eigenvalue weighted by atomic mass is 10.3. The molecule has 0 fully saturated rings. The van der Waals surface area contributed by atoms with Gasteiger partial charge in [-0.25, -0.2) is 9.97 Å². The first-order valence-corrected chi connectivity index (χ1v) is 7.63. The van der Waals surface area contributed by atoms with E-state index in [-0.39, 0.29) is 0 Å². The summed E-state index contributed by atoms with van der Waals surface area (Å²) >= 11 is 5.24. The molecule has 0 unspecified atom stereocenters. The Labute approximate surface area is 120 Å². The summed E-state index contributed by atoms with van der Waals surface area (Å²) in [5, 5.41) is 2.12. The maximum atomic E-state index is 4.54. The second-order valence-corrected chi connectivity index (χ2v) is 5.91. The minimum Gasteiger partial charge on any atom is -0.359 e. The Hall–Kier alpha value is -0.940. The number of thiophene rings is 1. The smallest absolute Gasteiger partial charge is 0.133 e. The van der Waals surface area contributed by atoms with Crippen molar-refractivity contribution in [1.82, 2.24) is 9.97 Å². The monoisotopic (exact) mass is 325 g/mol. The van der Waals surface area contributed by atoms with E-state index in [1.54, 1.807) is 11.3 Å². The fourth-order valence-corrected chi connectivity index (χ4v) is 2.76. The molecule has 0 aliphatic rings. The summed E-state index contributed by atoms with van der Waals surface area (Å²) < 4.78 is 0.854. The number of rotatable bonds is 5. The van der Waals surface area contributed by atoms with Gasteiger partial charge in [0.15, 0.2) is 0 Å². The van der Waals surface area contributed by atoms with Crippen LogP contribution < -0.4 is 4.90 Å². The molecule has 0 N–H and O–H groups in total. The first kappa shape index (κ1) is 13.5. The largest absolute Gasteiger partial charge is 0.359 e. The highest BCUT2D eigenvalue weighted by Crippen LogP contribution is 2.17. The van der Waals surface area contributed by atoms with Crippen molar-refractivity contribution in [3.05, 3.63) is 38.9 Å². The fourth-order valence-electron chi connectivity index (χ4n) is 1.65. The molecule has 0 radical (unpaired) electrons. The van der Waals surface area contributed by atoms with Crippen molar-refractivity contribution < 1.29 is 0 Å². The third kappa shape index (κ3) is 3.53. The Balaban J connectivity index is 2.03. The molecule has 2 aromatic heterocycles. The molecular formula is C13H16BrN3S. The number of aromatic nitrogens is 2. The highest BCUT2D eigenvalue weighted by Gasteiger charge is 2.07. The van der Waals surface area contributed by atoms with Gasteiger partial charge in [0.05, 0.1) is 0 Å². The lowest BCUT2D eigenvalue weighted by molar-refractivity contribution is 0.839. The molecular weight excluding hydrogens is 310 g/mol. The van der Waals surface area contributed by atoms with Crippen molar-refractivity contribution in [2.45, 2.75) is 19.8 Å². The number of hydrogen-bond acceptors (Lipinski definition) is 4. The summed E-state index contributed by atoms with van der Waals surface area (Å²) in [5.74, 6) is 1.85. The van der Waals surface area contributed by atoms with Crippen molar-refractivity contribution in [2.24, 2.45) is 0 Å². The average Bonchev–Trinajstić information content (AvgIpc) is 2.88. The van der Waals surface area contributed by atoms with E-state index in [1.165, 1.54) is 4.88 Å². The van der Waals surface area contributed by atoms with E-state index in [0.717, 1.165) is 35.6 Å². The van der Waals surface area contributed by atoms with E-state index in [4.69, 9.17) is 0 Å². The molecule has 5 heteroatoms. The van der Waals surface area contributed by atoms with E-state index in [2.05, 4.69) is 62.3 Å². The van der Waals surface area contributed by atoms with Crippen molar-refractivity contribution in [3.8, 4) is 0 Å². The summed E-state index contributed by atoms with van der Waals surface area (Å²) in [6.07, 6.45) is 1.91. The van der Waals surface area contributed by atoms with Crippen LogP contribution in [0.25, 0.3) is 0 Å². The summed E-state index contributed by atoms with van der Waals surface area (Å²) in [7, 11) is 2.07. The van der Waals surface area contributed by atoms with Crippen LogP contribution in [0.4, 0.5) is 5.82 Å². The first-order valence-electron chi connectivity index (χ1n) is 5.96. The van der Waals surface area contributed by atoms with E-state index in [1.807, 2.05) is 6.07 Å². The van der Waals surface area contributed by atoms with Crippen LogP contribution in [-0.2, 0) is 12.8 Å². The molecule has 0 saturated carbocycles. The number of hydrogen-bond donors (Lipinski definition) is 0. The zero-order chi connectivity index (χ0) is 13.0. The topological polar surface area (TPSA) is 29.0 Å². The molecule has 2 rings (SSSR count). The Morgan fingerprint density at radius 2 is 2.22 bits per heavy atom. The summed E-state index contributed by atoms with van der Waals surface area (Å²) in [6, 6.07) is 6.23. The van der Waals surface area contributed by atoms with Crippen LogP contribution in [0, 0.1) is 0 Å². The van der Waals surface area contributed by atoms with Crippen molar-refractivity contribution >= 4 is 33.1 Å². The maximum Gasteiger partial charge on any atom is 0.133 e. The molecule has 0 aliphatic carbocycles. The van der Waals surface area contributed by atoms with Gasteiger partial charge in [-0.2, -0.15) is 0 Å². The van der Waals surface area contributed by atoms with Gasteiger partial charge in [0, 0.05) is 31.0 Å². The van der Waals surface area contributed by atoms with Crippen molar-refractivity contribution in [3.63, 3.8) is 0 Å². The zero-order valence-corrected chi connectivity index (χ0v) is 13.0. The molecule has 18 heavy (non-hydrogen) atoms. The molecule has 0 atom stereocenters. The van der Waals surface area contributed by atoms with E-state index >= 15 is 0 Å². The predicted octanol–water partition coefficient (Wildman–Crippen LogP) is 3.54. The fraction of sp³-hybridized carbons (Fsp3) is 0.385. The van der Waals surface area contributed by atoms with E-state index < -0.39 is 0 Å². The van der Waals surface area contributed by atoms with Gasteiger partial charge in [0.2, 0.25) is 0 Å². The van der Waals surface area contributed by atoms with Crippen molar-refractivity contribution in [1.29, 1.82) is 0 Å². The number of likely N-dealkylation sites (N-methyl/N-ethyl adjacent to an activating group) is 1. The molecule has 0 bridgehead atoms. The SMILES string of the molecule is CCc1nc(Br)cc(N(C)CCc2cccs2)n1. The van der Waals surface area contributed by atoms with Gasteiger partial charge in [-0.15, -0.1) is 11.3 Å². The van der Waals surface area contributed by atoms with E-state index in [0.29, 0.717) is 0 Å². The van der Waals surface area contributed by atoms with Crippen LogP contribution in [0.3, 0.4) is 0 Å². The minimum absolute atomic E-state index is 0.852. The Morgan fingerprint density at radius 3 is 2.89 bits per heavy atom. The van der Waals surface area contributed by atoms with Gasteiger partial charge in [-0.3, -0.25) is 0 Å². The Kier molecular flexibility index (Phi) is 4.72. The first-order chi connectivity index (χ1) is 8.69. The quantitative estimate of drug-likeness (QED) is 0.787. The predicted molar refractivity (Wildman–Crippen MR) is 80.4 cm³/mol. The van der Waals surface area contributed by atoms with Crippen LogP contribution in [0.15, 0.2) is 28.2 Å². The molecule has 0 amide bonds. The summed E-state index contributed by atoms with van der Waals surface area (Å²) in [6.45, 7) is 3.03. The van der Waals surface area contributed by atoms with Crippen molar-refractivity contribution in [2.75, 3.05) is 18.5 Å². The van der Waals surface area contributed by atoms with Crippen LogP contribution in [0.2, 0.25) is 0 Å². The van der Waals surface area contributed by atoms with Gasteiger partial charge in [0.25, 0.3) is 0 Å². The zero-order valence-electron chi connectivity index (χ0n) is 10.6. The highest BCUT2D eigenvalue weighted by atomic mass is 79.9. The second kappa shape index (κ2) is 6.29. The second-order valence-electron chi connectivity index (χ2n) is 4.07. The van der Waals surface area contributed by atoms with Gasteiger partial charge in [0.1, 0.15) is 16.2 Å². The minimum atomic E-state index is 0.852. The normalized spacial score (nSPS) is 10.6. The molecule has 2 aromatic rings. The van der Waals surface area contributed by atoms with E-state index in [9.17, 15) is 0 Å². The van der Waals surface area contributed by atoms with Crippen LogP contribution in [-0.4, -0.2) is 23.6 Å². The molecule has 2 heterocycles. The molecule has 0 aliphatic heterocycles. The Morgan fingerprint density at radius 1 is 1.39 bits per heavy atom. The van der Waals surface area contributed by atoms with Gasteiger partial charge < -0.3 is 4.90 Å². The number of nitrogens with zero attached hydrogens (tertiary/aromatic N) is 3. The summed E-state index contributed by atoms with van der Waals surface area (Å²) in [5.41, 5.74) is 0. The maximum absolute atomic E-state index is 4.54. The Bertz CT molecular complexity index is 499. The van der Waals surface area contributed by atoms with Gasteiger partial charge in [-0.1, -0.05) is 13.0 Å². The standard InChI is InChI=1S/C13H16BrN3S/c1-3-12-15-11(14)9-13(16-12)17(2)7-6-10-5-4-8-18-10/h4-5,8-9H,3,6-7H2,1-2H3. The average molecular weight is 326 g/mol. The van der Waals surface area contributed by atoms with Crippen LogP contribution in [0.1, 0.15) is 17.6 Å². The molecule has 0 aromatic carbocycles. The lowest BCUT2D eigenvalue weighted by Gasteiger charge is -2.18. The summed E-state index contributed by atoms with van der Waals surface area (Å²) in [4.78, 5) is 12.4.